The molecule has 3 unspecified atom stereocenters. The van der Waals surface area contributed by atoms with Crippen LogP contribution < -0.4 is 4.90 Å². The van der Waals surface area contributed by atoms with Gasteiger partial charge in [-0.05, 0) is 106 Å². The van der Waals surface area contributed by atoms with Crippen LogP contribution in [0.1, 0.15) is 43.2 Å². The first-order valence-electron chi connectivity index (χ1n) is 17.2. The summed E-state index contributed by atoms with van der Waals surface area (Å²) in [6.45, 7) is 0. The lowest BCUT2D eigenvalue weighted by Gasteiger charge is -2.39. The Bertz CT molecular complexity index is 2040. The molecule has 2 heteroatoms. The summed E-state index contributed by atoms with van der Waals surface area (Å²) in [5.74, 6) is 1.51. The zero-order valence-electron chi connectivity index (χ0n) is 26.6. The zero-order valence-corrected chi connectivity index (χ0v) is 26.6. The quantitative estimate of drug-likeness (QED) is 0.221. The van der Waals surface area contributed by atoms with Gasteiger partial charge in [-0.15, -0.1) is 0 Å². The van der Waals surface area contributed by atoms with Crippen molar-refractivity contribution in [1.82, 2.24) is 0 Å². The molecule has 0 fully saturated rings. The van der Waals surface area contributed by atoms with E-state index >= 15 is 0 Å². The Morgan fingerprint density at radius 1 is 0.638 bits per heavy atom. The second-order valence-electron chi connectivity index (χ2n) is 13.2. The molecule has 5 aliphatic rings. The lowest BCUT2D eigenvalue weighted by atomic mass is 9.65. The van der Waals surface area contributed by atoms with E-state index in [9.17, 15) is 0 Å². The first kappa shape index (κ1) is 28.0. The van der Waals surface area contributed by atoms with Crippen LogP contribution in [0.4, 0.5) is 5.69 Å². The van der Waals surface area contributed by atoms with Gasteiger partial charge in [-0.3, -0.25) is 4.99 Å². The van der Waals surface area contributed by atoms with Gasteiger partial charge in [0.15, 0.2) is 0 Å². The van der Waals surface area contributed by atoms with E-state index in [1.54, 1.807) is 0 Å². The van der Waals surface area contributed by atoms with Gasteiger partial charge in [-0.25, -0.2) is 0 Å². The first-order chi connectivity index (χ1) is 23.3. The second-order valence-corrected chi connectivity index (χ2v) is 13.2. The molecule has 0 amide bonds. The summed E-state index contributed by atoms with van der Waals surface area (Å²) < 4.78 is 0. The molecule has 0 bridgehead atoms. The molecule has 0 saturated heterocycles. The molecule has 0 radical (unpaired) electrons. The van der Waals surface area contributed by atoms with E-state index in [2.05, 4.69) is 157 Å². The number of hydrogen-bond acceptors (Lipinski definition) is 2. The van der Waals surface area contributed by atoms with Gasteiger partial charge in [-0.2, -0.15) is 0 Å². The van der Waals surface area contributed by atoms with Crippen molar-refractivity contribution in [1.29, 1.82) is 0 Å². The van der Waals surface area contributed by atoms with Crippen molar-refractivity contribution in [2.24, 2.45) is 10.9 Å². The Morgan fingerprint density at radius 2 is 1.30 bits per heavy atom. The number of allylic oxidation sites excluding steroid dienone is 9. The van der Waals surface area contributed by atoms with Crippen LogP contribution in [0.2, 0.25) is 0 Å². The van der Waals surface area contributed by atoms with Crippen molar-refractivity contribution >= 4 is 22.7 Å². The number of fused-ring (bicyclic) bond motifs is 3. The number of hydrogen-bond donors (Lipinski definition) is 0. The molecule has 0 aromatic heterocycles. The topological polar surface area (TPSA) is 15.6 Å². The highest BCUT2D eigenvalue weighted by Crippen LogP contribution is 2.54. The second kappa shape index (κ2) is 11.9. The molecule has 1 heterocycles. The molecular weight excluding hydrogens is 569 g/mol. The third-order valence-corrected chi connectivity index (χ3v) is 10.5. The van der Waals surface area contributed by atoms with Gasteiger partial charge in [0.2, 0.25) is 0 Å². The van der Waals surface area contributed by atoms with Gasteiger partial charge in [0, 0.05) is 11.6 Å². The highest BCUT2D eigenvalue weighted by molar-refractivity contribution is 6.13. The Hall–Kier alpha value is -5.21. The Balaban J connectivity index is 1.23. The normalized spacial score (nSPS) is 23.1. The molecule has 3 atom stereocenters. The molecule has 9 rings (SSSR count). The van der Waals surface area contributed by atoms with Gasteiger partial charge >= 0.3 is 0 Å². The van der Waals surface area contributed by atoms with Crippen LogP contribution >= 0.6 is 0 Å². The minimum Gasteiger partial charge on any atom is -0.317 e. The third-order valence-electron chi connectivity index (χ3n) is 10.5. The molecule has 1 aliphatic heterocycles. The molecule has 228 valence electrons. The summed E-state index contributed by atoms with van der Waals surface area (Å²) in [6.07, 6.45) is 19.5. The summed E-state index contributed by atoms with van der Waals surface area (Å²) in [7, 11) is 0. The van der Waals surface area contributed by atoms with Crippen LogP contribution in [-0.4, -0.2) is 17.9 Å². The predicted molar refractivity (Wildman–Crippen MR) is 197 cm³/mol. The van der Waals surface area contributed by atoms with Crippen LogP contribution in [-0.2, 0) is 0 Å². The van der Waals surface area contributed by atoms with Crippen LogP contribution in [0.3, 0.4) is 0 Å². The number of aliphatic imine (C=N–C) groups is 1. The molecular formula is C45H38N2. The van der Waals surface area contributed by atoms with Crippen molar-refractivity contribution in [2.45, 2.75) is 44.2 Å². The third kappa shape index (κ3) is 4.91. The van der Waals surface area contributed by atoms with Crippen LogP contribution in [0.25, 0.3) is 22.3 Å². The number of para-hydroxylation sites is 1. The number of anilines is 1. The maximum absolute atomic E-state index is 5.41. The lowest BCUT2D eigenvalue weighted by Crippen LogP contribution is -2.39. The van der Waals surface area contributed by atoms with E-state index < -0.39 is 0 Å². The molecule has 2 nitrogen and oxygen atoms in total. The maximum Gasteiger partial charge on any atom is 0.132 e. The standard InChI is InChI=1S/C45H38N2/c1-4-14-31(15-5-1)32-24-26-34(27-25-32)43-37-20-10-11-21-38(37)44(33-16-6-2-7-17-33)40-30-35(28-29-39(40)43)45-46-41-22-12-13-23-42(41)47(45)36-18-8-3-9-19-36/h1-9,12-20,22-27,30,38,41-42H,10-11,21,28-29H2. The van der Waals surface area contributed by atoms with Gasteiger partial charge in [0.25, 0.3) is 0 Å². The van der Waals surface area contributed by atoms with E-state index in [-0.39, 0.29) is 12.1 Å². The molecule has 4 aliphatic carbocycles. The Kier molecular flexibility index (Phi) is 7.08. The average Bonchev–Trinajstić information content (AvgIpc) is 3.54. The number of amidine groups is 1. The molecule has 47 heavy (non-hydrogen) atoms. The molecule has 0 N–H and O–H groups in total. The highest BCUT2D eigenvalue weighted by Gasteiger charge is 2.40. The summed E-state index contributed by atoms with van der Waals surface area (Å²) >= 11 is 0. The maximum atomic E-state index is 5.41. The van der Waals surface area contributed by atoms with Crippen LogP contribution in [0.15, 0.2) is 179 Å². The van der Waals surface area contributed by atoms with E-state index in [4.69, 9.17) is 4.99 Å². The highest BCUT2D eigenvalue weighted by atomic mass is 15.3. The molecule has 0 saturated carbocycles. The molecule has 4 aromatic carbocycles. The SMILES string of the molecule is C1=CC2N=C(C3=CC4=C(c5ccccc5)C5CCCC=C5C(c5ccc(-c6ccccc6)cc5)=C4CC3)N(c3ccccc3)C2C=C1. The van der Waals surface area contributed by atoms with Crippen LogP contribution in [0.5, 0.6) is 0 Å². The van der Waals surface area contributed by atoms with Gasteiger partial charge < -0.3 is 4.90 Å². The summed E-state index contributed by atoms with van der Waals surface area (Å²) in [4.78, 5) is 7.89. The fraction of sp³-hybridized carbons (Fsp3) is 0.178. The summed E-state index contributed by atoms with van der Waals surface area (Å²) in [5, 5.41) is 0. The van der Waals surface area contributed by atoms with Crippen molar-refractivity contribution in [3.05, 3.63) is 185 Å². The number of benzene rings is 4. The predicted octanol–water partition coefficient (Wildman–Crippen LogP) is 10.8. The van der Waals surface area contributed by atoms with Crippen molar-refractivity contribution in [3.63, 3.8) is 0 Å². The summed E-state index contributed by atoms with van der Waals surface area (Å²) in [6, 6.07) is 42.4. The van der Waals surface area contributed by atoms with Crippen molar-refractivity contribution in [2.75, 3.05) is 4.90 Å². The molecule has 0 spiro atoms. The minimum atomic E-state index is 0.133. The Morgan fingerprint density at radius 3 is 2.06 bits per heavy atom. The average molecular weight is 607 g/mol. The largest absolute Gasteiger partial charge is 0.317 e. The van der Waals surface area contributed by atoms with E-state index in [1.165, 1.54) is 74.2 Å². The van der Waals surface area contributed by atoms with Gasteiger partial charge in [0.1, 0.15) is 5.84 Å². The van der Waals surface area contributed by atoms with Crippen molar-refractivity contribution < 1.29 is 0 Å². The minimum absolute atomic E-state index is 0.133. The first-order valence-corrected chi connectivity index (χ1v) is 17.2. The number of nitrogens with zero attached hydrogens (tertiary/aromatic N) is 2. The van der Waals surface area contributed by atoms with Crippen molar-refractivity contribution in [3.8, 4) is 11.1 Å². The van der Waals surface area contributed by atoms with Gasteiger partial charge in [-0.1, -0.05) is 134 Å². The smallest absolute Gasteiger partial charge is 0.132 e. The van der Waals surface area contributed by atoms with E-state index in [0.29, 0.717) is 5.92 Å². The Labute approximate surface area is 278 Å². The summed E-state index contributed by atoms with van der Waals surface area (Å²) in [5.41, 5.74) is 15.2. The lowest BCUT2D eigenvalue weighted by molar-refractivity contribution is 0.618. The fourth-order valence-corrected chi connectivity index (χ4v) is 8.40. The fourth-order valence-electron chi connectivity index (χ4n) is 8.40. The van der Waals surface area contributed by atoms with E-state index in [0.717, 1.165) is 25.1 Å². The molecule has 4 aromatic rings. The van der Waals surface area contributed by atoms with Gasteiger partial charge in [0.05, 0.1) is 12.1 Å². The van der Waals surface area contributed by atoms with E-state index in [1.807, 2.05) is 0 Å². The number of rotatable bonds is 5. The van der Waals surface area contributed by atoms with Crippen LogP contribution in [0, 0.1) is 5.92 Å². The zero-order chi connectivity index (χ0) is 31.2. The monoisotopic (exact) mass is 606 g/mol.